The quantitative estimate of drug-likeness (QED) is 0.106. The van der Waals surface area contributed by atoms with Crippen LogP contribution in [0.15, 0.2) is 124 Å². The summed E-state index contributed by atoms with van der Waals surface area (Å²) in [6.07, 6.45) is 1.47. The molecule has 7 nitrogen and oxygen atoms in total. The Morgan fingerprint density at radius 2 is 1.60 bits per heavy atom. The van der Waals surface area contributed by atoms with Crippen molar-refractivity contribution in [1.29, 1.82) is 0 Å². The zero-order valence-electron chi connectivity index (χ0n) is 24.0. The van der Waals surface area contributed by atoms with Crippen molar-refractivity contribution in [2.24, 2.45) is 0 Å². The van der Waals surface area contributed by atoms with Gasteiger partial charge in [0.15, 0.2) is 0 Å². The summed E-state index contributed by atoms with van der Waals surface area (Å²) in [4.78, 5) is 39.4. The number of hydrogen-bond acceptors (Lipinski definition) is 5. The van der Waals surface area contributed by atoms with Gasteiger partial charge in [-0.3, -0.25) is 14.4 Å². The zero-order valence-corrected chi connectivity index (χ0v) is 25.5. The number of hydrogen-bond donors (Lipinski definition) is 3. The first kappa shape index (κ1) is 31.3. The molecular formula is C35H27ClFN3O4S. The summed E-state index contributed by atoms with van der Waals surface area (Å²) in [6.45, 7) is 2.00. The Morgan fingerprint density at radius 1 is 0.867 bits per heavy atom. The van der Waals surface area contributed by atoms with Crippen molar-refractivity contribution in [2.75, 3.05) is 16.4 Å². The minimum absolute atomic E-state index is 0.0155. The number of halogens is 2. The second-order valence-electron chi connectivity index (χ2n) is 9.89. The molecule has 1 aromatic heterocycles. The van der Waals surface area contributed by atoms with E-state index in [0.717, 1.165) is 22.1 Å². The van der Waals surface area contributed by atoms with Crippen molar-refractivity contribution in [2.45, 2.75) is 11.8 Å². The number of amides is 3. The van der Waals surface area contributed by atoms with Gasteiger partial charge in [-0.1, -0.05) is 59.6 Å². The smallest absolute Gasteiger partial charge is 0.272 e. The van der Waals surface area contributed by atoms with Gasteiger partial charge >= 0.3 is 0 Å². The van der Waals surface area contributed by atoms with Crippen LogP contribution in [0, 0.1) is 12.7 Å². The molecule has 0 radical (unpaired) electrons. The van der Waals surface area contributed by atoms with E-state index in [1.165, 1.54) is 30.0 Å². The van der Waals surface area contributed by atoms with E-state index in [0.29, 0.717) is 22.8 Å². The number of thioether (sulfide) groups is 1. The highest BCUT2D eigenvalue weighted by atomic mass is 35.5. The molecule has 5 rings (SSSR count). The third-order valence-corrected chi connectivity index (χ3v) is 7.71. The van der Waals surface area contributed by atoms with Crippen LogP contribution in [-0.2, 0) is 9.59 Å². The van der Waals surface area contributed by atoms with Crippen LogP contribution in [0.25, 0.3) is 17.4 Å². The number of carbonyl (C=O) groups excluding carboxylic acids is 3. The predicted molar refractivity (Wildman–Crippen MR) is 177 cm³/mol. The molecule has 10 heteroatoms. The number of carbonyl (C=O) groups is 3. The molecule has 0 saturated carbocycles. The summed E-state index contributed by atoms with van der Waals surface area (Å²) < 4.78 is 19.9. The van der Waals surface area contributed by atoms with E-state index in [1.54, 1.807) is 66.7 Å². The molecule has 3 amide bonds. The maximum Gasteiger partial charge on any atom is 0.272 e. The lowest BCUT2D eigenvalue weighted by molar-refractivity contribution is -0.114. The molecule has 0 aliphatic heterocycles. The number of furan rings is 1. The Bertz CT molecular complexity index is 1860. The SMILES string of the molecule is Cc1ccc(-c2ccc(/C=C(\NC(=O)c3ccccc3)C(=O)Nc3ccc(SCC(=O)Nc4ccc(Cl)cc4F)cc3)o2)cc1. The Morgan fingerprint density at radius 3 is 2.31 bits per heavy atom. The van der Waals surface area contributed by atoms with Gasteiger partial charge in [0.05, 0.1) is 11.4 Å². The largest absolute Gasteiger partial charge is 0.457 e. The molecule has 0 fully saturated rings. The van der Waals surface area contributed by atoms with Gasteiger partial charge < -0.3 is 20.4 Å². The van der Waals surface area contributed by atoms with Gasteiger partial charge in [0.2, 0.25) is 5.91 Å². The Kier molecular flexibility index (Phi) is 10.1. The third-order valence-electron chi connectivity index (χ3n) is 6.47. The van der Waals surface area contributed by atoms with Crippen LogP contribution in [0.5, 0.6) is 0 Å². The lowest BCUT2D eigenvalue weighted by Crippen LogP contribution is -2.30. The van der Waals surface area contributed by atoms with E-state index in [4.69, 9.17) is 16.0 Å². The van der Waals surface area contributed by atoms with Crippen LogP contribution >= 0.6 is 23.4 Å². The molecule has 45 heavy (non-hydrogen) atoms. The number of nitrogens with one attached hydrogen (secondary N) is 3. The van der Waals surface area contributed by atoms with Gasteiger partial charge in [0, 0.05) is 32.8 Å². The van der Waals surface area contributed by atoms with E-state index in [1.807, 2.05) is 31.2 Å². The summed E-state index contributed by atoms with van der Waals surface area (Å²) in [5.41, 5.74) is 2.89. The van der Waals surface area contributed by atoms with Crippen molar-refractivity contribution in [1.82, 2.24) is 5.32 Å². The number of benzene rings is 4. The molecular weight excluding hydrogens is 613 g/mol. The molecule has 0 aliphatic carbocycles. The van der Waals surface area contributed by atoms with Crippen molar-refractivity contribution >= 4 is 58.5 Å². The van der Waals surface area contributed by atoms with Gasteiger partial charge in [0.25, 0.3) is 11.8 Å². The number of aryl methyl sites for hydroxylation is 1. The second kappa shape index (κ2) is 14.6. The lowest BCUT2D eigenvalue weighted by atomic mass is 10.1. The van der Waals surface area contributed by atoms with Crippen molar-refractivity contribution in [3.05, 3.63) is 143 Å². The fraction of sp³-hybridized carbons (Fsp3) is 0.0571. The van der Waals surface area contributed by atoms with E-state index >= 15 is 0 Å². The summed E-state index contributed by atoms with van der Waals surface area (Å²) in [5.74, 6) is -0.967. The first-order valence-electron chi connectivity index (χ1n) is 13.8. The molecule has 0 aliphatic rings. The van der Waals surface area contributed by atoms with Gasteiger partial charge in [-0.2, -0.15) is 0 Å². The third kappa shape index (κ3) is 8.72. The maximum atomic E-state index is 14.0. The van der Waals surface area contributed by atoms with Crippen LogP contribution in [0.1, 0.15) is 21.7 Å². The van der Waals surface area contributed by atoms with E-state index in [2.05, 4.69) is 16.0 Å². The summed E-state index contributed by atoms with van der Waals surface area (Å²) in [5, 5.41) is 8.25. The van der Waals surface area contributed by atoms with Crippen molar-refractivity contribution in [3.8, 4) is 11.3 Å². The Labute approximate surface area is 268 Å². The zero-order chi connectivity index (χ0) is 31.8. The van der Waals surface area contributed by atoms with Crippen LogP contribution in [0.3, 0.4) is 0 Å². The summed E-state index contributed by atoms with van der Waals surface area (Å²) in [6, 6.07) is 30.8. The number of rotatable bonds is 10. The second-order valence-corrected chi connectivity index (χ2v) is 11.4. The van der Waals surface area contributed by atoms with E-state index in [-0.39, 0.29) is 28.1 Å². The topological polar surface area (TPSA) is 100 Å². The fourth-order valence-corrected chi connectivity index (χ4v) is 5.00. The maximum absolute atomic E-state index is 14.0. The van der Waals surface area contributed by atoms with Crippen molar-refractivity contribution < 1.29 is 23.2 Å². The Hall–Kier alpha value is -5.12. The predicted octanol–water partition coefficient (Wildman–Crippen LogP) is 8.19. The fourth-order valence-electron chi connectivity index (χ4n) is 4.15. The molecule has 0 spiro atoms. The lowest BCUT2D eigenvalue weighted by Gasteiger charge is -2.11. The van der Waals surface area contributed by atoms with Crippen LogP contribution < -0.4 is 16.0 Å². The normalized spacial score (nSPS) is 11.1. The highest BCUT2D eigenvalue weighted by Gasteiger charge is 2.17. The molecule has 1 heterocycles. The molecule has 0 bridgehead atoms. The molecule has 5 aromatic rings. The summed E-state index contributed by atoms with van der Waals surface area (Å²) >= 11 is 7.00. The summed E-state index contributed by atoms with van der Waals surface area (Å²) in [7, 11) is 0. The average Bonchev–Trinajstić information content (AvgIpc) is 3.51. The van der Waals surface area contributed by atoms with Crippen LogP contribution in [0.4, 0.5) is 15.8 Å². The van der Waals surface area contributed by atoms with Crippen LogP contribution in [0.2, 0.25) is 5.02 Å². The Balaban J connectivity index is 1.26. The first-order chi connectivity index (χ1) is 21.7. The molecule has 226 valence electrons. The average molecular weight is 640 g/mol. The van der Waals surface area contributed by atoms with Crippen LogP contribution in [-0.4, -0.2) is 23.5 Å². The highest BCUT2D eigenvalue weighted by molar-refractivity contribution is 8.00. The van der Waals surface area contributed by atoms with E-state index in [9.17, 15) is 18.8 Å². The van der Waals surface area contributed by atoms with Gasteiger partial charge in [0.1, 0.15) is 23.0 Å². The molecule has 0 unspecified atom stereocenters. The highest BCUT2D eigenvalue weighted by Crippen LogP contribution is 2.25. The van der Waals surface area contributed by atoms with E-state index < -0.39 is 17.6 Å². The van der Waals surface area contributed by atoms with Gasteiger partial charge in [-0.15, -0.1) is 11.8 Å². The molecule has 0 saturated heterocycles. The van der Waals surface area contributed by atoms with Crippen molar-refractivity contribution in [3.63, 3.8) is 0 Å². The molecule has 3 N–H and O–H groups in total. The number of anilines is 2. The monoisotopic (exact) mass is 639 g/mol. The van der Waals surface area contributed by atoms with Gasteiger partial charge in [-0.25, -0.2) is 4.39 Å². The van der Waals surface area contributed by atoms with Gasteiger partial charge in [-0.05, 0) is 73.7 Å². The molecule has 0 atom stereocenters. The minimum atomic E-state index is -0.618. The standard InChI is InChI=1S/C35H27ClFN3O4S/c1-22-7-9-23(10-8-22)32-18-14-27(44-32)20-31(40-34(42)24-5-3-2-4-6-24)35(43)38-26-12-15-28(16-13-26)45-21-33(41)39-30-17-11-25(36)19-29(30)37/h2-20H,21H2,1H3,(H,38,43)(H,39,41)(H,40,42)/b31-20-. The first-order valence-corrected chi connectivity index (χ1v) is 15.1. The minimum Gasteiger partial charge on any atom is -0.457 e. The molecule has 4 aromatic carbocycles.